The van der Waals surface area contributed by atoms with Crippen LogP contribution in [-0.4, -0.2) is 52.0 Å². The average Bonchev–Trinajstić information content (AvgIpc) is 2.84. The van der Waals surface area contributed by atoms with E-state index in [0.29, 0.717) is 40.4 Å². The normalized spacial score (nSPS) is 14.3. The molecule has 34 heavy (non-hydrogen) atoms. The first-order valence-electron chi connectivity index (χ1n) is 11.4. The number of anilines is 2. The summed E-state index contributed by atoms with van der Waals surface area (Å²) in [4.78, 5) is 46.5. The minimum Gasteiger partial charge on any atom is -0.478 e. The minimum atomic E-state index is -1.03. The van der Waals surface area contributed by atoms with Gasteiger partial charge in [0.2, 0.25) is 0 Å². The summed E-state index contributed by atoms with van der Waals surface area (Å²) in [5.41, 5.74) is 1.99. The van der Waals surface area contributed by atoms with Gasteiger partial charge < -0.3 is 20.7 Å². The largest absolute Gasteiger partial charge is 0.478 e. The van der Waals surface area contributed by atoms with E-state index in [1.54, 1.807) is 31.6 Å². The van der Waals surface area contributed by atoms with Crippen molar-refractivity contribution in [2.75, 3.05) is 24.7 Å². The number of rotatable bonds is 7. The first-order valence-corrected chi connectivity index (χ1v) is 11.4. The Bertz CT molecular complexity index is 1280. The number of carbonyl (C=O) groups is 2. The van der Waals surface area contributed by atoms with Crippen LogP contribution in [0.5, 0.6) is 0 Å². The monoisotopic (exact) mass is 463 g/mol. The maximum absolute atomic E-state index is 13.1. The number of amides is 1. The van der Waals surface area contributed by atoms with Crippen LogP contribution in [0, 0.1) is 0 Å². The second-order valence-electron chi connectivity index (χ2n) is 8.75. The van der Waals surface area contributed by atoms with E-state index in [1.807, 2.05) is 7.05 Å². The number of carboxylic acid groups (broad SMARTS) is 1. The van der Waals surface area contributed by atoms with Crippen molar-refractivity contribution < 1.29 is 14.7 Å². The summed E-state index contributed by atoms with van der Waals surface area (Å²) >= 11 is 0. The summed E-state index contributed by atoms with van der Waals surface area (Å²) in [6.45, 7) is 0.491. The standard InChI is InChI=1S/C25H29N5O4/c1-26-21-13-27-12-16-11-19(24(32)29-22(16)21)23(31)28-20-9-8-15(25(33)34)10-17(20)14-30(2)18-6-4-3-5-7-18/h8-13,18,26H,3-7,14H2,1-2H3,(H,28,31)(H,29,32)(H,33,34). The number of pyridine rings is 2. The number of aromatic amines is 1. The van der Waals surface area contributed by atoms with Gasteiger partial charge in [0.05, 0.1) is 23.0 Å². The number of hydrogen-bond donors (Lipinski definition) is 4. The smallest absolute Gasteiger partial charge is 0.335 e. The molecule has 1 saturated carbocycles. The lowest BCUT2D eigenvalue weighted by atomic mass is 9.94. The summed E-state index contributed by atoms with van der Waals surface area (Å²) in [5.74, 6) is -1.60. The van der Waals surface area contributed by atoms with E-state index in [4.69, 9.17) is 0 Å². The molecule has 0 bridgehead atoms. The first kappa shape index (κ1) is 23.4. The number of H-pyrrole nitrogens is 1. The van der Waals surface area contributed by atoms with Gasteiger partial charge in [-0.25, -0.2) is 4.79 Å². The third-order valence-corrected chi connectivity index (χ3v) is 6.49. The molecule has 0 saturated heterocycles. The van der Waals surface area contributed by atoms with Crippen LogP contribution >= 0.6 is 0 Å². The Hall–Kier alpha value is -3.72. The van der Waals surface area contributed by atoms with E-state index in [0.717, 1.165) is 12.8 Å². The molecule has 3 aromatic rings. The zero-order chi connectivity index (χ0) is 24.2. The molecule has 1 aliphatic rings. The van der Waals surface area contributed by atoms with Gasteiger partial charge in [-0.15, -0.1) is 0 Å². The third-order valence-electron chi connectivity index (χ3n) is 6.49. The second-order valence-corrected chi connectivity index (χ2v) is 8.75. The molecule has 178 valence electrons. The minimum absolute atomic E-state index is 0.0450. The van der Waals surface area contributed by atoms with Gasteiger partial charge >= 0.3 is 5.97 Å². The number of fused-ring (bicyclic) bond motifs is 1. The van der Waals surface area contributed by atoms with Crippen LogP contribution in [0.25, 0.3) is 10.9 Å². The van der Waals surface area contributed by atoms with Crippen molar-refractivity contribution >= 4 is 34.2 Å². The van der Waals surface area contributed by atoms with Gasteiger partial charge in [-0.2, -0.15) is 0 Å². The van der Waals surface area contributed by atoms with Crippen molar-refractivity contribution in [3.63, 3.8) is 0 Å². The van der Waals surface area contributed by atoms with E-state index in [9.17, 15) is 19.5 Å². The molecule has 1 aliphatic carbocycles. The van der Waals surface area contributed by atoms with E-state index < -0.39 is 17.4 Å². The molecule has 0 unspecified atom stereocenters. The zero-order valence-corrected chi connectivity index (χ0v) is 19.4. The van der Waals surface area contributed by atoms with Crippen LogP contribution in [0.1, 0.15) is 58.4 Å². The molecule has 0 aliphatic heterocycles. The molecule has 0 atom stereocenters. The SMILES string of the molecule is CNc1cncc2cc(C(=O)Nc3ccc(C(=O)O)cc3CN(C)C3CCCCC3)c(=O)[nH]c12. The van der Waals surface area contributed by atoms with Crippen molar-refractivity contribution in [3.05, 3.63) is 63.7 Å². The van der Waals surface area contributed by atoms with Crippen molar-refractivity contribution in [2.45, 2.75) is 44.7 Å². The lowest BCUT2D eigenvalue weighted by Gasteiger charge is -2.31. The van der Waals surface area contributed by atoms with Gasteiger partial charge in [0.15, 0.2) is 0 Å². The van der Waals surface area contributed by atoms with E-state index in [2.05, 4.69) is 25.5 Å². The van der Waals surface area contributed by atoms with Crippen LogP contribution in [-0.2, 0) is 6.54 Å². The molecule has 2 heterocycles. The number of nitrogens with zero attached hydrogens (tertiary/aromatic N) is 2. The fraction of sp³-hybridized carbons (Fsp3) is 0.360. The van der Waals surface area contributed by atoms with E-state index in [1.165, 1.54) is 31.4 Å². The van der Waals surface area contributed by atoms with Crippen molar-refractivity contribution in [2.24, 2.45) is 0 Å². The maximum atomic E-state index is 13.1. The summed E-state index contributed by atoms with van der Waals surface area (Å²) in [5, 5.41) is 15.9. The number of aromatic carboxylic acids is 1. The van der Waals surface area contributed by atoms with Crippen molar-refractivity contribution in [3.8, 4) is 0 Å². The summed E-state index contributed by atoms with van der Waals surface area (Å²) in [6, 6.07) is 6.56. The highest BCUT2D eigenvalue weighted by atomic mass is 16.4. The van der Waals surface area contributed by atoms with Gasteiger partial charge in [0.25, 0.3) is 11.5 Å². The Labute approximate surface area is 197 Å². The molecule has 0 radical (unpaired) electrons. The van der Waals surface area contributed by atoms with Gasteiger partial charge in [-0.05, 0) is 49.7 Å². The summed E-state index contributed by atoms with van der Waals surface area (Å²) in [6.07, 6.45) is 8.99. The number of carboxylic acids is 1. The summed E-state index contributed by atoms with van der Waals surface area (Å²) in [7, 11) is 3.75. The Balaban J connectivity index is 1.63. The predicted molar refractivity (Wildman–Crippen MR) is 132 cm³/mol. The van der Waals surface area contributed by atoms with Gasteiger partial charge in [0, 0.05) is 36.9 Å². The van der Waals surface area contributed by atoms with E-state index in [-0.39, 0.29) is 11.1 Å². The van der Waals surface area contributed by atoms with Gasteiger partial charge in [-0.1, -0.05) is 19.3 Å². The molecule has 4 N–H and O–H groups in total. The number of nitrogens with one attached hydrogen (secondary N) is 3. The average molecular weight is 464 g/mol. The Morgan fingerprint density at radius 2 is 1.91 bits per heavy atom. The molecule has 1 amide bonds. The van der Waals surface area contributed by atoms with Crippen LogP contribution in [0.3, 0.4) is 0 Å². The molecular formula is C25H29N5O4. The first-order chi connectivity index (χ1) is 16.4. The maximum Gasteiger partial charge on any atom is 0.335 e. The Kier molecular flexibility index (Phi) is 6.93. The molecule has 9 heteroatoms. The molecule has 4 rings (SSSR count). The Morgan fingerprint density at radius 1 is 1.15 bits per heavy atom. The molecule has 2 aromatic heterocycles. The van der Waals surface area contributed by atoms with Crippen molar-refractivity contribution in [1.82, 2.24) is 14.9 Å². The molecular weight excluding hydrogens is 434 g/mol. The highest BCUT2D eigenvalue weighted by molar-refractivity contribution is 6.07. The molecule has 0 spiro atoms. The third kappa shape index (κ3) is 4.94. The highest BCUT2D eigenvalue weighted by Gasteiger charge is 2.21. The van der Waals surface area contributed by atoms with Gasteiger partial charge in [-0.3, -0.25) is 19.5 Å². The van der Waals surface area contributed by atoms with Crippen LogP contribution < -0.4 is 16.2 Å². The fourth-order valence-electron chi connectivity index (χ4n) is 4.57. The number of hydrogen-bond acceptors (Lipinski definition) is 6. The Morgan fingerprint density at radius 3 is 2.62 bits per heavy atom. The highest BCUT2D eigenvalue weighted by Crippen LogP contribution is 2.26. The number of carbonyl (C=O) groups excluding carboxylic acids is 1. The van der Waals surface area contributed by atoms with E-state index >= 15 is 0 Å². The van der Waals surface area contributed by atoms with Gasteiger partial charge in [0.1, 0.15) is 5.56 Å². The lowest BCUT2D eigenvalue weighted by Crippen LogP contribution is -2.33. The van der Waals surface area contributed by atoms with Crippen LogP contribution in [0.15, 0.2) is 41.5 Å². The quantitative estimate of drug-likeness (QED) is 0.421. The second kappa shape index (κ2) is 10.0. The predicted octanol–water partition coefficient (Wildman–Crippen LogP) is 3.68. The van der Waals surface area contributed by atoms with Crippen molar-refractivity contribution in [1.29, 1.82) is 0 Å². The number of aromatic nitrogens is 2. The molecule has 1 fully saturated rings. The van der Waals surface area contributed by atoms with Crippen LogP contribution in [0.2, 0.25) is 0 Å². The molecule has 1 aromatic carbocycles. The zero-order valence-electron chi connectivity index (χ0n) is 19.4. The number of benzene rings is 1. The summed E-state index contributed by atoms with van der Waals surface area (Å²) < 4.78 is 0. The van der Waals surface area contributed by atoms with Crippen LogP contribution in [0.4, 0.5) is 11.4 Å². The molecule has 9 nitrogen and oxygen atoms in total. The topological polar surface area (TPSA) is 127 Å². The fourth-order valence-corrected chi connectivity index (χ4v) is 4.57. The lowest BCUT2D eigenvalue weighted by molar-refractivity contribution is 0.0696.